The van der Waals surface area contributed by atoms with E-state index in [1.165, 1.54) is 12.1 Å². The fourth-order valence-corrected chi connectivity index (χ4v) is 2.54. The first-order chi connectivity index (χ1) is 10.7. The Bertz CT molecular complexity index is 554. The van der Waals surface area contributed by atoms with Crippen LogP contribution in [0.1, 0.15) is 32.8 Å². The molecule has 5 nitrogen and oxygen atoms in total. The number of carbonyl (C=O) groups excluding carboxylic acids is 2. The first kappa shape index (κ1) is 22.3. The second kappa shape index (κ2) is 10.3. The van der Waals surface area contributed by atoms with E-state index in [1.54, 1.807) is 12.1 Å². The maximum Gasteiger partial charge on any atom is 0.239 e. The van der Waals surface area contributed by atoms with Gasteiger partial charge in [-0.25, -0.2) is 4.39 Å². The van der Waals surface area contributed by atoms with Gasteiger partial charge >= 0.3 is 0 Å². The van der Waals surface area contributed by atoms with Crippen LogP contribution in [0.2, 0.25) is 0 Å². The lowest BCUT2D eigenvalue weighted by Gasteiger charge is -2.31. The van der Waals surface area contributed by atoms with Crippen LogP contribution in [0.25, 0.3) is 0 Å². The van der Waals surface area contributed by atoms with Gasteiger partial charge in [0.25, 0.3) is 0 Å². The number of carbonyl (C=O) groups is 2. The van der Waals surface area contributed by atoms with Crippen LogP contribution in [-0.4, -0.2) is 30.4 Å². The van der Waals surface area contributed by atoms with Crippen LogP contribution in [0.4, 0.5) is 4.39 Å². The van der Waals surface area contributed by atoms with Crippen molar-refractivity contribution in [1.29, 1.82) is 0 Å². The summed E-state index contributed by atoms with van der Waals surface area (Å²) in [6.07, 6.45) is 0.789. The molecule has 0 aliphatic rings. The number of rotatable bonds is 8. The minimum Gasteiger partial charge on any atom is -0.348 e. The molecule has 0 spiro atoms. The van der Waals surface area contributed by atoms with E-state index in [9.17, 15) is 14.0 Å². The largest absolute Gasteiger partial charge is 0.348 e. The van der Waals surface area contributed by atoms with Crippen molar-refractivity contribution in [1.82, 2.24) is 10.6 Å². The molecule has 0 heterocycles. The van der Waals surface area contributed by atoms with Crippen molar-refractivity contribution in [3.05, 3.63) is 35.6 Å². The topological polar surface area (TPSA) is 84.2 Å². The fourth-order valence-electron chi connectivity index (χ4n) is 2.54. The second-order valence-electron chi connectivity index (χ2n) is 6.49. The summed E-state index contributed by atoms with van der Waals surface area (Å²) < 4.78 is 13.1. The molecule has 2 amide bonds. The Morgan fingerprint density at radius 1 is 1.29 bits per heavy atom. The molecule has 0 radical (unpaired) electrons. The molecule has 24 heavy (non-hydrogen) atoms. The summed E-state index contributed by atoms with van der Waals surface area (Å²) in [4.78, 5) is 23.8. The van der Waals surface area contributed by atoms with Crippen LogP contribution >= 0.6 is 12.4 Å². The van der Waals surface area contributed by atoms with Crippen molar-refractivity contribution in [3.63, 3.8) is 0 Å². The van der Waals surface area contributed by atoms with Crippen LogP contribution in [0.15, 0.2) is 24.3 Å². The van der Waals surface area contributed by atoms with E-state index in [1.807, 2.05) is 6.92 Å². The number of amides is 2. The smallest absolute Gasteiger partial charge is 0.239 e. The van der Waals surface area contributed by atoms with Crippen LogP contribution in [0.5, 0.6) is 0 Å². The number of halogens is 2. The predicted molar refractivity (Wildman–Crippen MR) is 95.4 cm³/mol. The molecule has 1 atom stereocenters. The second-order valence-corrected chi connectivity index (χ2v) is 6.49. The zero-order valence-corrected chi connectivity index (χ0v) is 15.2. The van der Waals surface area contributed by atoms with Crippen LogP contribution in [-0.2, 0) is 16.0 Å². The van der Waals surface area contributed by atoms with E-state index in [-0.39, 0.29) is 43.0 Å². The monoisotopic (exact) mass is 359 g/mol. The van der Waals surface area contributed by atoms with Crippen LogP contribution in [0, 0.1) is 11.7 Å². The highest BCUT2D eigenvalue weighted by atomic mass is 35.5. The first-order valence-electron chi connectivity index (χ1n) is 7.76. The van der Waals surface area contributed by atoms with Gasteiger partial charge in [0.15, 0.2) is 0 Å². The van der Waals surface area contributed by atoms with Crippen molar-refractivity contribution in [3.8, 4) is 0 Å². The third-order valence-corrected chi connectivity index (χ3v) is 3.45. The Labute approximate surface area is 149 Å². The Hall–Kier alpha value is -1.66. The molecule has 1 unspecified atom stereocenters. The summed E-state index contributed by atoms with van der Waals surface area (Å²) in [5.41, 5.74) is 5.82. The number of nitrogens with one attached hydrogen (secondary N) is 2. The van der Waals surface area contributed by atoms with Crippen LogP contribution in [0.3, 0.4) is 0 Å². The molecule has 1 rings (SSSR count). The highest BCUT2D eigenvalue weighted by Crippen LogP contribution is 2.14. The maximum atomic E-state index is 13.1. The lowest BCUT2D eigenvalue weighted by atomic mass is 9.91. The van der Waals surface area contributed by atoms with Crippen molar-refractivity contribution in [2.75, 3.05) is 13.1 Å². The summed E-state index contributed by atoms with van der Waals surface area (Å²) in [6.45, 7) is 6.21. The summed E-state index contributed by atoms with van der Waals surface area (Å²) in [7, 11) is 0. The van der Waals surface area contributed by atoms with Crippen molar-refractivity contribution in [2.45, 2.75) is 39.2 Å². The molecule has 136 valence electrons. The molecule has 0 fully saturated rings. The first-order valence-corrected chi connectivity index (χ1v) is 7.76. The lowest BCUT2D eigenvalue weighted by Crippen LogP contribution is -2.54. The van der Waals surface area contributed by atoms with Crippen molar-refractivity contribution < 1.29 is 14.0 Å². The van der Waals surface area contributed by atoms with E-state index >= 15 is 0 Å². The van der Waals surface area contributed by atoms with Gasteiger partial charge in [0.1, 0.15) is 5.82 Å². The van der Waals surface area contributed by atoms with E-state index in [0.29, 0.717) is 18.0 Å². The Kier molecular flexibility index (Phi) is 9.55. The van der Waals surface area contributed by atoms with Gasteiger partial charge in [-0.1, -0.05) is 26.0 Å². The fraction of sp³-hybridized carbons (Fsp3) is 0.529. The van der Waals surface area contributed by atoms with Gasteiger partial charge in [-0.3, -0.25) is 9.59 Å². The lowest BCUT2D eigenvalue weighted by molar-refractivity contribution is -0.126. The highest BCUT2D eigenvalue weighted by molar-refractivity contribution is 5.86. The van der Waals surface area contributed by atoms with Gasteiger partial charge in [-0.2, -0.15) is 0 Å². The normalized spacial score (nSPS) is 12.9. The Morgan fingerprint density at radius 3 is 2.50 bits per heavy atom. The van der Waals surface area contributed by atoms with Gasteiger partial charge in [-0.15, -0.1) is 12.4 Å². The minimum atomic E-state index is -0.488. The number of nitrogens with two attached hydrogens (primary N) is 1. The Balaban J connectivity index is 0.00000529. The average molecular weight is 360 g/mol. The van der Waals surface area contributed by atoms with E-state index < -0.39 is 5.54 Å². The van der Waals surface area contributed by atoms with Crippen LogP contribution < -0.4 is 16.4 Å². The van der Waals surface area contributed by atoms with Crippen molar-refractivity contribution >= 4 is 24.2 Å². The molecule has 0 saturated carbocycles. The Morgan fingerprint density at radius 2 is 1.96 bits per heavy atom. The predicted octanol–water partition coefficient (Wildman–Crippen LogP) is 1.79. The zero-order valence-electron chi connectivity index (χ0n) is 14.4. The molecule has 1 aromatic rings. The molecule has 0 aromatic heterocycles. The molecule has 7 heteroatoms. The van der Waals surface area contributed by atoms with Crippen molar-refractivity contribution in [2.24, 2.45) is 11.7 Å². The van der Waals surface area contributed by atoms with E-state index in [2.05, 4.69) is 24.5 Å². The van der Waals surface area contributed by atoms with Gasteiger partial charge in [-0.05, 0) is 37.0 Å². The highest BCUT2D eigenvalue weighted by Gasteiger charge is 2.25. The molecule has 4 N–H and O–H groups in total. The minimum absolute atomic E-state index is 0. The molecule has 0 aliphatic heterocycles. The van der Waals surface area contributed by atoms with E-state index in [0.717, 1.165) is 6.42 Å². The van der Waals surface area contributed by atoms with Gasteiger partial charge in [0.05, 0.1) is 13.0 Å². The molecule has 1 aromatic carbocycles. The van der Waals surface area contributed by atoms with Gasteiger partial charge in [0, 0.05) is 12.1 Å². The molecule has 0 aliphatic carbocycles. The van der Waals surface area contributed by atoms with Gasteiger partial charge < -0.3 is 16.4 Å². The third-order valence-electron chi connectivity index (χ3n) is 3.45. The summed E-state index contributed by atoms with van der Waals surface area (Å²) in [5, 5.41) is 5.40. The molecule has 0 saturated heterocycles. The summed E-state index contributed by atoms with van der Waals surface area (Å²) in [5.74, 6) is -0.609. The van der Waals surface area contributed by atoms with Gasteiger partial charge in [0.2, 0.25) is 11.8 Å². The average Bonchev–Trinajstić information content (AvgIpc) is 2.44. The quantitative estimate of drug-likeness (QED) is 0.661. The number of benzene rings is 1. The maximum absolute atomic E-state index is 13.1. The third kappa shape index (κ3) is 8.26. The molecule has 0 bridgehead atoms. The SMILES string of the molecule is CC(C)CC(C)(CN)NC(=O)CNC(=O)Cc1cccc(F)c1.Cl. The van der Waals surface area contributed by atoms with E-state index in [4.69, 9.17) is 5.73 Å². The standard InChI is InChI=1S/C17H26FN3O2.ClH/c1-12(2)9-17(3,11-19)21-16(23)10-20-15(22)8-13-5-4-6-14(18)7-13;/h4-7,12H,8-11,19H2,1-3H3,(H,20,22)(H,21,23);1H. The zero-order chi connectivity index (χ0) is 17.5. The molecular weight excluding hydrogens is 333 g/mol. The molecular formula is C17H27ClFN3O2. The summed E-state index contributed by atoms with van der Waals surface area (Å²) in [6, 6.07) is 5.82. The number of hydrogen-bond donors (Lipinski definition) is 3. The summed E-state index contributed by atoms with van der Waals surface area (Å²) >= 11 is 0. The number of hydrogen-bond acceptors (Lipinski definition) is 3.